The Kier molecular flexibility index (Phi) is 8.93. The van der Waals surface area contributed by atoms with Gasteiger partial charge in [-0.1, -0.05) is 31.2 Å². The molecule has 200 valence electrons. The van der Waals surface area contributed by atoms with Gasteiger partial charge in [0.25, 0.3) is 5.91 Å². The van der Waals surface area contributed by atoms with E-state index in [1.807, 2.05) is 18.2 Å². The van der Waals surface area contributed by atoms with E-state index >= 15 is 0 Å². The number of aliphatic hydroxyl groups excluding tert-OH is 1. The van der Waals surface area contributed by atoms with Gasteiger partial charge in [-0.3, -0.25) is 4.79 Å². The Hall–Kier alpha value is -3.53. The first-order valence-corrected chi connectivity index (χ1v) is 13.2. The summed E-state index contributed by atoms with van der Waals surface area (Å²) in [5.74, 6) is -1.93. The normalized spacial score (nSPS) is 12.9. The number of aliphatic hydroxyl groups is 1. The van der Waals surface area contributed by atoms with Crippen LogP contribution in [0.15, 0.2) is 60.0 Å². The number of phenols is 1. The van der Waals surface area contributed by atoms with Gasteiger partial charge in [-0.05, 0) is 59.2 Å². The minimum atomic E-state index is -1.10. The lowest BCUT2D eigenvalue weighted by molar-refractivity contribution is 0.0827. The molecule has 9 heteroatoms. The number of fused-ring (bicyclic) bond motifs is 1. The van der Waals surface area contributed by atoms with Crippen LogP contribution in [0.5, 0.6) is 11.5 Å². The fourth-order valence-corrected chi connectivity index (χ4v) is 5.29. The Bertz CT molecular complexity index is 1400. The van der Waals surface area contributed by atoms with Gasteiger partial charge >= 0.3 is 0 Å². The van der Waals surface area contributed by atoms with Crippen LogP contribution >= 0.6 is 11.3 Å². The Balaban J connectivity index is 1.54. The zero-order chi connectivity index (χ0) is 27.2. The molecule has 0 unspecified atom stereocenters. The van der Waals surface area contributed by atoms with Crippen molar-refractivity contribution in [2.75, 3.05) is 13.7 Å². The fraction of sp³-hybridized carbons (Fsp3) is 0.276. The highest BCUT2D eigenvalue weighted by molar-refractivity contribution is 7.17. The third-order valence-corrected chi connectivity index (χ3v) is 7.31. The largest absolute Gasteiger partial charge is 0.506 e. The van der Waals surface area contributed by atoms with Crippen molar-refractivity contribution >= 4 is 27.3 Å². The van der Waals surface area contributed by atoms with Crippen molar-refractivity contribution in [3.8, 4) is 11.5 Å². The molecular weight excluding hydrogens is 510 g/mol. The zero-order valence-electron chi connectivity index (χ0n) is 21.1. The Morgan fingerprint density at radius 2 is 1.79 bits per heavy atom. The highest BCUT2D eigenvalue weighted by Crippen LogP contribution is 2.39. The van der Waals surface area contributed by atoms with Crippen molar-refractivity contribution in [2.24, 2.45) is 0 Å². The molecule has 2 atom stereocenters. The first-order valence-electron chi connectivity index (χ1n) is 12.3. The van der Waals surface area contributed by atoms with Gasteiger partial charge in [-0.2, -0.15) is 0 Å². The van der Waals surface area contributed by atoms with Crippen LogP contribution in [0.25, 0.3) is 10.1 Å². The maximum absolute atomic E-state index is 13.9. The van der Waals surface area contributed by atoms with E-state index < -0.39 is 29.7 Å². The second kappa shape index (κ2) is 12.3. The quantitative estimate of drug-likeness (QED) is 0.216. The van der Waals surface area contributed by atoms with Gasteiger partial charge in [0.15, 0.2) is 0 Å². The number of aryl methyl sites for hydroxylation is 1. The summed E-state index contributed by atoms with van der Waals surface area (Å²) in [7, 11) is 1.47. The third-order valence-electron chi connectivity index (χ3n) is 6.38. The monoisotopic (exact) mass is 540 g/mol. The number of rotatable bonds is 11. The highest BCUT2D eigenvalue weighted by Gasteiger charge is 2.26. The molecule has 4 rings (SSSR count). The molecule has 1 heterocycles. The number of hydrogen-bond donors (Lipinski definition) is 4. The number of halogens is 2. The minimum Gasteiger partial charge on any atom is -0.506 e. The molecule has 4 aromatic rings. The summed E-state index contributed by atoms with van der Waals surface area (Å²) in [6.07, 6.45) is -0.231. The van der Waals surface area contributed by atoms with E-state index in [4.69, 9.17) is 4.74 Å². The number of benzene rings is 3. The van der Waals surface area contributed by atoms with Gasteiger partial charge < -0.3 is 25.6 Å². The highest BCUT2D eigenvalue weighted by atomic mass is 32.1. The molecule has 0 aliphatic carbocycles. The molecule has 0 aliphatic heterocycles. The lowest BCUT2D eigenvalue weighted by atomic mass is 9.99. The number of aromatic hydroxyl groups is 1. The van der Waals surface area contributed by atoms with E-state index in [1.54, 1.807) is 11.4 Å². The predicted molar refractivity (Wildman–Crippen MR) is 145 cm³/mol. The summed E-state index contributed by atoms with van der Waals surface area (Å²) in [5.41, 5.74) is 2.49. The summed E-state index contributed by atoms with van der Waals surface area (Å²) < 4.78 is 33.8. The van der Waals surface area contributed by atoms with E-state index in [1.165, 1.54) is 30.1 Å². The van der Waals surface area contributed by atoms with Gasteiger partial charge in [0.05, 0.1) is 29.5 Å². The van der Waals surface area contributed by atoms with Crippen molar-refractivity contribution in [2.45, 2.75) is 38.5 Å². The summed E-state index contributed by atoms with van der Waals surface area (Å²) in [5, 5.41) is 30.0. The van der Waals surface area contributed by atoms with Gasteiger partial charge in [0.2, 0.25) is 0 Å². The Morgan fingerprint density at radius 1 is 1.05 bits per heavy atom. The molecule has 4 N–H and O–H groups in total. The van der Waals surface area contributed by atoms with Gasteiger partial charge in [-0.15, -0.1) is 11.3 Å². The molecule has 1 amide bonds. The summed E-state index contributed by atoms with van der Waals surface area (Å²) >= 11 is 1.37. The second-order valence-corrected chi connectivity index (χ2v) is 9.99. The first-order chi connectivity index (χ1) is 18.3. The van der Waals surface area contributed by atoms with E-state index in [0.29, 0.717) is 22.4 Å². The predicted octanol–water partition coefficient (Wildman–Crippen LogP) is 4.95. The molecular formula is C29H30F2N2O4S. The summed E-state index contributed by atoms with van der Waals surface area (Å²) in [4.78, 5) is 13.3. The van der Waals surface area contributed by atoms with Gasteiger partial charge in [0, 0.05) is 24.5 Å². The molecule has 1 aromatic heterocycles. The average molecular weight is 541 g/mol. The molecule has 3 aromatic carbocycles. The van der Waals surface area contributed by atoms with Crippen molar-refractivity contribution < 1.29 is 28.5 Å². The minimum absolute atomic E-state index is 0.0280. The number of thiophene rings is 1. The number of carbonyl (C=O) groups excluding carboxylic acids is 1. The molecule has 0 spiro atoms. The maximum atomic E-state index is 13.9. The number of phenolic OH excluding ortho intramolecular Hbond substituents is 1. The average Bonchev–Trinajstić information content (AvgIpc) is 3.39. The van der Waals surface area contributed by atoms with Crippen LogP contribution in [0.1, 0.15) is 34.0 Å². The van der Waals surface area contributed by atoms with E-state index in [0.717, 1.165) is 30.2 Å². The van der Waals surface area contributed by atoms with E-state index in [2.05, 4.69) is 23.6 Å². The number of carbonyl (C=O) groups is 1. The van der Waals surface area contributed by atoms with Crippen LogP contribution in [0.4, 0.5) is 8.78 Å². The lowest BCUT2D eigenvalue weighted by Crippen LogP contribution is -2.48. The topological polar surface area (TPSA) is 90.8 Å². The summed E-state index contributed by atoms with van der Waals surface area (Å²) in [6, 6.07) is 13.4. The fourth-order valence-electron chi connectivity index (χ4n) is 4.40. The molecule has 6 nitrogen and oxygen atoms in total. The molecule has 0 bridgehead atoms. The van der Waals surface area contributed by atoms with Crippen LogP contribution in [0.2, 0.25) is 0 Å². The van der Waals surface area contributed by atoms with Crippen LogP contribution in [0.3, 0.4) is 0 Å². The first kappa shape index (κ1) is 27.5. The summed E-state index contributed by atoms with van der Waals surface area (Å²) in [6.45, 7) is 2.67. The molecule has 0 radical (unpaired) electrons. The van der Waals surface area contributed by atoms with E-state index in [9.17, 15) is 23.8 Å². The van der Waals surface area contributed by atoms with Crippen LogP contribution in [-0.2, 0) is 19.4 Å². The molecule has 38 heavy (non-hydrogen) atoms. The Morgan fingerprint density at radius 3 is 2.50 bits per heavy atom. The number of nitrogens with one attached hydrogen (secondary N) is 2. The van der Waals surface area contributed by atoms with Crippen LogP contribution in [0, 0.1) is 11.6 Å². The number of hydrogen-bond acceptors (Lipinski definition) is 6. The van der Waals surface area contributed by atoms with Gasteiger partial charge in [0.1, 0.15) is 23.1 Å². The van der Waals surface area contributed by atoms with Crippen LogP contribution in [-0.4, -0.2) is 41.9 Å². The second-order valence-electron chi connectivity index (χ2n) is 9.07. The standard InChI is InChI=1S/C29H30F2N2O4S/c1-3-17-5-4-6-18(9-17)15-32-16-25(34)24(12-19-10-20(30)13-21(31)11-19)33-29(36)23-14-26(37-2)28-22(27(23)35)7-8-38-28/h4-11,13-14,24-25,32,34-35H,3,12,15-16H2,1-2H3,(H,33,36)/t24-,25+/m0/s1. The number of methoxy groups -OCH3 is 1. The number of amides is 1. The smallest absolute Gasteiger partial charge is 0.255 e. The molecule has 0 aliphatic rings. The zero-order valence-corrected chi connectivity index (χ0v) is 21.9. The SMILES string of the molecule is CCc1cccc(CNC[C@@H](O)[C@H](Cc2cc(F)cc(F)c2)NC(=O)c2cc(OC)c3sccc3c2O)c1. The van der Waals surface area contributed by atoms with E-state index in [-0.39, 0.29) is 29.8 Å². The maximum Gasteiger partial charge on any atom is 0.255 e. The lowest BCUT2D eigenvalue weighted by Gasteiger charge is -2.25. The third kappa shape index (κ3) is 6.48. The number of ether oxygens (including phenoxy) is 1. The van der Waals surface area contributed by atoms with Crippen molar-refractivity contribution in [1.29, 1.82) is 0 Å². The molecule has 0 saturated carbocycles. The van der Waals surface area contributed by atoms with Crippen molar-refractivity contribution in [1.82, 2.24) is 10.6 Å². The van der Waals surface area contributed by atoms with Gasteiger partial charge in [-0.25, -0.2) is 8.78 Å². The van der Waals surface area contributed by atoms with Crippen molar-refractivity contribution in [3.63, 3.8) is 0 Å². The Labute approximate surface area is 223 Å². The van der Waals surface area contributed by atoms with Crippen LogP contribution < -0.4 is 15.4 Å². The molecule has 0 saturated heterocycles. The molecule has 0 fully saturated rings. The van der Waals surface area contributed by atoms with Crippen molar-refractivity contribution in [3.05, 3.63) is 93.9 Å².